The number of carbonyl (C=O) groups is 1. The van der Waals surface area contributed by atoms with Crippen LogP contribution in [0.15, 0.2) is 0 Å². The first kappa shape index (κ1) is 9.89. The van der Waals surface area contributed by atoms with Gasteiger partial charge in [-0.25, -0.2) is 0 Å². The van der Waals surface area contributed by atoms with Crippen LogP contribution in [0.5, 0.6) is 0 Å². The first-order valence-corrected chi connectivity index (χ1v) is 5.07. The van der Waals surface area contributed by atoms with E-state index in [0.29, 0.717) is 19.1 Å². The topological polar surface area (TPSA) is 70.6 Å². The highest BCUT2D eigenvalue weighted by Crippen LogP contribution is 2.19. The van der Waals surface area contributed by atoms with Crippen LogP contribution in [0.3, 0.4) is 0 Å². The Morgan fingerprint density at radius 3 is 2.93 bits per heavy atom. The monoisotopic (exact) mass is 200 g/mol. The van der Waals surface area contributed by atoms with Crippen molar-refractivity contribution in [3.8, 4) is 0 Å². The molecule has 1 heterocycles. The average Bonchev–Trinajstić information content (AvgIpc) is 3.02. The van der Waals surface area contributed by atoms with E-state index >= 15 is 0 Å². The van der Waals surface area contributed by atoms with Gasteiger partial charge in [-0.1, -0.05) is 0 Å². The number of hydrogen-bond donors (Lipinski definition) is 3. The van der Waals surface area contributed by atoms with Crippen molar-refractivity contribution in [2.24, 2.45) is 0 Å². The van der Waals surface area contributed by atoms with Crippen LogP contribution in [0.25, 0.3) is 0 Å². The lowest BCUT2D eigenvalue weighted by Crippen LogP contribution is -2.52. The standard InChI is InChI=1S/C9H16N2O3/c12-5-7-3-10-4-8(14-7)9(13)11-6-1-2-6/h6-8,10,12H,1-5H2,(H,11,13)/t7-,8+/m0/s1. The molecule has 1 amide bonds. The van der Waals surface area contributed by atoms with Crippen LogP contribution < -0.4 is 10.6 Å². The summed E-state index contributed by atoms with van der Waals surface area (Å²) in [4.78, 5) is 11.6. The Labute approximate surface area is 82.8 Å². The lowest BCUT2D eigenvalue weighted by molar-refractivity contribution is -0.141. The molecule has 0 unspecified atom stereocenters. The van der Waals surface area contributed by atoms with E-state index in [9.17, 15) is 4.79 Å². The molecule has 2 fully saturated rings. The largest absolute Gasteiger partial charge is 0.394 e. The summed E-state index contributed by atoms with van der Waals surface area (Å²) in [5.74, 6) is -0.0573. The molecule has 2 atom stereocenters. The maximum absolute atomic E-state index is 11.6. The van der Waals surface area contributed by atoms with Crippen molar-refractivity contribution in [1.29, 1.82) is 0 Å². The molecule has 2 rings (SSSR count). The summed E-state index contributed by atoms with van der Waals surface area (Å²) in [5.41, 5.74) is 0. The van der Waals surface area contributed by atoms with Crippen molar-refractivity contribution in [3.63, 3.8) is 0 Å². The van der Waals surface area contributed by atoms with Gasteiger partial charge in [0.15, 0.2) is 0 Å². The predicted octanol–water partition coefficient (Wildman–Crippen LogP) is -1.39. The van der Waals surface area contributed by atoms with E-state index in [1.807, 2.05) is 0 Å². The van der Waals surface area contributed by atoms with Crippen LogP contribution in [0.1, 0.15) is 12.8 Å². The van der Waals surface area contributed by atoms with Crippen molar-refractivity contribution in [1.82, 2.24) is 10.6 Å². The maximum atomic E-state index is 11.6. The van der Waals surface area contributed by atoms with Gasteiger partial charge in [-0.05, 0) is 12.8 Å². The number of nitrogens with one attached hydrogen (secondary N) is 2. The highest BCUT2D eigenvalue weighted by molar-refractivity contribution is 5.81. The van der Waals surface area contributed by atoms with Crippen LogP contribution in [0, 0.1) is 0 Å². The summed E-state index contributed by atoms with van der Waals surface area (Å²) in [5, 5.41) is 14.8. The first-order chi connectivity index (χ1) is 6.79. The van der Waals surface area contributed by atoms with Crippen LogP contribution >= 0.6 is 0 Å². The predicted molar refractivity (Wildman–Crippen MR) is 49.8 cm³/mol. The Hall–Kier alpha value is -0.650. The third kappa shape index (κ3) is 2.43. The Morgan fingerprint density at radius 1 is 1.50 bits per heavy atom. The summed E-state index contributed by atoms with van der Waals surface area (Å²) < 4.78 is 5.40. The SMILES string of the molecule is O=C(NC1CC1)[C@H]1CNC[C@@H](CO)O1. The van der Waals surface area contributed by atoms with E-state index in [1.54, 1.807) is 0 Å². The molecule has 1 saturated carbocycles. The zero-order valence-corrected chi connectivity index (χ0v) is 8.03. The number of rotatable bonds is 3. The molecule has 2 aliphatic rings. The van der Waals surface area contributed by atoms with Crippen LogP contribution in [-0.4, -0.2) is 49.0 Å². The summed E-state index contributed by atoms with van der Waals surface area (Å²) >= 11 is 0. The second-order valence-electron chi connectivity index (χ2n) is 3.87. The van der Waals surface area contributed by atoms with E-state index in [-0.39, 0.29) is 18.6 Å². The average molecular weight is 200 g/mol. The van der Waals surface area contributed by atoms with Crippen LogP contribution in [0.4, 0.5) is 0 Å². The number of aliphatic hydroxyl groups is 1. The fourth-order valence-electron chi connectivity index (χ4n) is 1.49. The molecule has 0 aromatic rings. The lowest BCUT2D eigenvalue weighted by atomic mass is 10.2. The molecule has 5 nitrogen and oxygen atoms in total. The third-order valence-corrected chi connectivity index (χ3v) is 2.48. The highest BCUT2D eigenvalue weighted by atomic mass is 16.5. The van der Waals surface area contributed by atoms with Crippen molar-refractivity contribution in [2.75, 3.05) is 19.7 Å². The van der Waals surface area contributed by atoms with Gasteiger partial charge in [-0.15, -0.1) is 0 Å². The minimum atomic E-state index is -0.443. The van der Waals surface area contributed by atoms with Crippen molar-refractivity contribution in [2.45, 2.75) is 31.1 Å². The van der Waals surface area contributed by atoms with E-state index in [2.05, 4.69) is 10.6 Å². The molecule has 1 aliphatic heterocycles. The Morgan fingerprint density at radius 2 is 2.29 bits per heavy atom. The third-order valence-electron chi connectivity index (χ3n) is 2.48. The zero-order chi connectivity index (χ0) is 9.97. The van der Waals surface area contributed by atoms with Gasteiger partial charge in [0.05, 0.1) is 12.7 Å². The molecule has 0 radical (unpaired) electrons. The van der Waals surface area contributed by atoms with Crippen molar-refractivity contribution < 1.29 is 14.6 Å². The fourth-order valence-corrected chi connectivity index (χ4v) is 1.49. The smallest absolute Gasteiger partial charge is 0.250 e. The number of ether oxygens (including phenoxy) is 1. The molecular weight excluding hydrogens is 184 g/mol. The number of carbonyl (C=O) groups excluding carboxylic acids is 1. The highest BCUT2D eigenvalue weighted by Gasteiger charge is 2.31. The van der Waals surface area contributed by atoms with E-state index < -0.39 is 6.10 Å². The van der Waals surface area contributed by atoms with E-state index in [1.165, 1.54) is 0 Å². The molecule has 5 heteroatoms. The Kier molecular flexibility index (Phi) is 3.00. The van der Waals surface area contributed by atoms with Gasteiger partial charge in [0.2, 0.25) is 0 Å². The summed E-state index contributed by atoms with van der Waals surface area (Å²) in [6.07, 6.45) is 1.46. The molecule has 1 saturated heterocycles. The summed E-state index contributed by atoms with van der Waals surface area (Å²) in [7, 11) is 0. The second-order valence-corrected chi connectivity index (χ2v) is 3.87. The molecule has 80 valence electrons. The Balaban J connectivity index is 1.79. The van der Waals surface area contributed by atoms with Gasteiger partial charge in [0.25, 0.3) is 5.91 Å². The summed E-state index contributed by atoms with van der Waals surface area (Å²) in [6, 6.07) is 0.362. The number of morpholine rings is 1. The first-order valence-electron chi connectivity index (χ1n) is 5.07. The minimum Gasteiger partial charge on any atom is -0.394 e. The minimum absolute atomic E-state index is 0.0415. The van der Waals surface area contributed by atoms with Gasteiger partial charge in [0, 0.05) is 19.1 Å². The molecule has 0 aromatic carbocycles. The molecule has 0 bridgehead atoms. The maximum Gasteiger partial charge on any atom is 0.250 e. The molecule has 1 aliphatic carbocycles. The van der Waals surface area contributed by atoms with Gasteiger partial charge >= 0.3 is 0 Å². The van der Waals surface area contributed by atoms with Crippen LogP contribution in [0.2, 0.25) is 0 Å². The molecule has 0 aromatic heterocycles. The number of aliphatic hydroxyl groups excluding tert-OH is 1. The molecule has 3 N–H and O–H groups in total. The molecule has 14 heavy (non-hydrogen) atoms. The van der Waals surface area contributed by atoms with E-state index in [0.717, 1.165) is 12.8 Å². The van der Waals surface area contributed by atoms with Gasteiger partial charge < -0.3 is 20.5 Å². The molecular formula is C9H16N2O3. The molecule has 0 spiro atoms. The van der Waals surface area contributed by atoms with Gasteiger partial charge in [0.1, 0.15) is 6.10 Å². The van der Waals surface area contributed by atoms with Gasteiger partial charge in [-0.2, -0.15) is 0 Å². The number of hydrogen-bond acceptors (Lipinski definition) is 4. The fraction of sp³-hybridized carbons (Fsp3) is 0.889. The zero-order valence-electron chi connectivity index (χ0n) is 8.03. The normalized spacial score (nSPS) is 32.6. The lowest BCUT2D eigenvalue weighted by Gasteiger charge is -2.28. The number of amides is 1. The Bertz CT molecular complexity index is 218. The van der Waals surface area contributed by atoms with E-state index in [4.69, 9.17) is 9.84 Å². The van der Waals surface area contributed by atoms with Gasteiger partial charge in [-0.3, -0.25) is 4.79 Å². The second kappa shape index (κ2) is 4.25. The van der Waals surface area contributed by atoms with Crippen LogP contribution in [-0.2, 0) is 9.53 Å². The summed E-state index contributed by atoms with van der Waals surface area (Å²) in [6.45, 7) is 1.11. The van der Waals surface area contributed by atoms with Crippen molar-refractivity contribution >= 4 is 5.91 Å². The quantitative estimate of drug-likeness (QED) is 0.525. The van der Waals surface area contributed by atoms with Crippen molar-refractivity contribution in [3.05, 3.63) is 0 Å².